The zero-order chi connectivity index (χ0) is 11.3. The van der Waals surface area contributed by atoms with Gasteiger partial charge >= 0.3 is 5.97 Å². The Morgan fingerprint density at radius 2 is 2.27 bits per heavy atom. The largest absolute Gasteiger partial charge is 0.478 e. The molecule has 2 nitrogen and oxygen atoms in total. The number of aryl methyl sites for hydroxylation is 1. The number of aromatic carboxylic acids is 1. The minimum absolute atomic E-state index is 0.292. The lowest BCUT2D eigenvalue weighted by Gasteiger charge is -2.03. The first-order valence-electron chi connectivity index (χ1n) is 5.06. The van der Waals surface area contributed by atoms with Crippen LogP contribution in [-0.4, -0.2) is 17.2 Å². The van der Waals surface area contributed by atoms with E-state index in [2.05, 4.69) is 0 Å². The van der Waals surface area contributed by atoms with Gasteiger partial charge in [0.1, 0.15) is 0 Å². The van der Waals surface area contributed by atoms with Crippen LogP contribution in [0.5, 0.6) is 0 Å². The molecule has 1 atom stereocenters. The third-order valence-corrected chi connectivity index (χ3v) is 2.24. The second-order valence-electron chi connectivity index (χ2n) is 3.68. The van der Waals surface area contributed by atoms with E-state index >= 15 is 0 Å². The van der Waals surface area contributed by atoms with Crippen LogP contribution in [0.2, 0.25) is 0 Å². The molecule has 1 rings (SSSR count). The van der Waals surface area contributed by atoms with Gasteiger partial charge in [-0.3, -0.25) is 0 Å². The topological polar surface area (TPSA) is 37.3 Å². The van der Waals surface area contributed by atoms with E-state index in [0.717, 1.165) is 18.4 Å². The molecular weight excluding hydrogens is 195 g/mol. The summed E-state index contributed by atoms with van der Waals surface area (Å²) < 4.78 is 12.5. The highest BCUT2D eigenvalue weighted by molar-refractivity contribution is 5.87. The molecule has 0 aromatic heterocycles. The van der Waals surface area contributed by atoms with Crippen LogP contribution in [0.4, 0.5) is 4.39 Å². The van der Waals surface area contributed by atoms with Gasteiger partial charge in [0.05, 0.1) is 11.7 Å². The highest BCUT2D eigenvalue weighted by Crippen LogP contribution is 2.10. The van der Waals surface area contributed by atoms with Crippen molar-refractivity contribution < 1.29 is 14.3 Å². The molecule has 1 N–H and O–H groups in total. The van der Waals surface area contributed by atoms with Crippen molar-refractivity contribution in [2.75, 3.05) is 0 Å². The lowest BCUT2D eigenvalue weighted by molar-refractivity contribution is 0.0696. The molecule has 82 valence electrons. The third kappa shape index (κ3) is 4.11. The number of alkyl halides is 1. The number of hydrogen-bond acceptors (Lipinski definition) is 1. The molecular formula is C12H15FO2. The van der Waals surface area contributed by atoms with Gasteiger partial charge in [-0.2, -0.15) is 0 Å². The lowest BCUT2D eigenvalue weighted by atomic mass is 10.0. The van der Waals surface area contributed by atoms with E-state index < -0.39 is 12.1 Å². The molecule has 15 heavy (non-hydrogen) atoms. The van der Waals surface area contributed by atoms with Crippen molar-refractivity contribution in [1.29, 1.82) is 0 Å². The van der Waals surface area contributed by atoms with Crippen molar-refractivity contribution >= 4 is 5.97 Å². The predicted molar refractivity (Wildman–Crippen MR) is 56.9 cm³/mol. The van der Waals surface area contributed by atoms with Gasteiger partial charge in [0.25, 0.3) is 0 Å². The smallest absolute Gasteiger partial charge is 0.335 e. The van der Waals surface area contributed by atoms with Crippen molar-refractivity contribution in [3.63, 3.8) is 0 Å². The maximum atomic E-state index is 12.5. The molecule has 0 saturated carbocycles. The molecule has 0 aliphatic heterocycles. The van der Waals surface area contributed by atoms with Crippen LogP contribution in [0.25, 0.3) is 0 Å². The summed E-state index contributed by atoms with van der Waals surface area (Å²) in [6, 6.07) is 6.79. The summed E-state index contributed by atoms with van der Waals surface area (Å²) in [4.78, 5) is 10.7. The first-order valence-corrected chi connectivity index (χ1v) is 5.06. The molecule has 0 fully saturated rings. The molecule has 0 saturated heterocycles. The van der Waals surface area contributed by atoms with E-state index in [-0.39, 0.29) is 0 Å². The summed E-state index contributed by atoms with van der Waals surface area (Å²) in [7, 11) is 0. The molecule has 0 spiro atoms. The summed E-state index contributed by atoms with van der Waals surface area (Å²) in [5.41, 5.74) is 1.25. The molecule has 3 heteroatoms. The molecule has 0 radical (unpaired) electrons. The van der Waals surface area contributed by atoms with Crippen molar-refractivity contribution in [1.82, 2.24) is 0 Å². The summed E-state index contributed by atoms with van der Waals surface area (Å²) in [5.74, 6) is -0.921. The Labute approximate surface area is 88.7 Å². The highest BCUT2D eigenvalue weighted by Gasteiger charge is 2.03. The van der Waals surface area contributed by atoms with Crippen molar-refractivity contribution in [3.05, 3.63) is 35.4 Å². The minimum atomic E-state index is -0.921. The van der Waals surface area contributed by atoms with Crippen LogP contribution in [0.15, 0.2) is 24.3 Å². The number of carbonyl (C=O) groups is 1. The van der Waals surface area contributed by atoms with Gasteiger partial charge in [-0.25, -0.2) is 9.18 Å². The zero-order valence-corrected chi connectivity index (χ0v) is 8.74. The molecule has 0 amide bonds. The Bertz CT molecular complexity index is 334. The molecule has 0 aliphatic rings. The summed E-state index contributed by atoms with van der Waals surface area (Å²) in [5, 5.41) is 8.76. The van der Waals surface area contributed by atoms with Crippen LogP contribution < -0.4 is 0 Å². The van der Waals surface area contributed by atoms with E-state index in [1.165, 1.54) is 6.92 Å². The standard InChI is InChI=1S/C12H15FO2/c1-9(13)4-2-5-10-6-3-7-11(8-10)12(14)15/h3,6-9H,2,4-5H2,1H3,(H,14,15). The quantitative estimate of drug-likeness (QED) is 0.810. The number of halogens is 1. The highest BCUT2D eigenvalue weighted by atomic mass is 19.1. The van der Waals surface area contributed by atoms with Gasteiger partial charge in [0.2, 0.25) is 0 Å². The van der Waals surface area contributed by atoms with Gasteiger partial charge in [0, 0.05) is 0 Å². The Morgan fingerprint density at radius 1 is 1.53 bits per heavy atom. The van der Waals surface area contributed by atoms with E-state index in [4.69, 9.17) is 5.11 Å². The van der Waals surface area contributed by atoms with Crippen LogP contribution in [0.3, 0.4) is 0 Å². The van der Waals surface area contributed by atoms with Crippen molar-refractivity contribution in [2.45, 2.75) is 32.4 Å². The van der Waals surface area contributed by atoms with E-state index in [9.17, 15) is 9.18 Å². The molecule has 1 aromatic carbocycles. The summed E-state index contributed by atoms with van der Waals surface area (Å²) in [6.45, 7) is 1.54. The number of carboxylic acids is 1. The average Bonchev–Trinajstić information content (AvgIpc) is 2.17. The summed E-state index contributed by atoms with van der Waals surface area (Å²) in [6.07, 6.45) is 1.22. The average molecular weight is 210 g/mol. The Balaban J connectivity index is 2.54. The van der Waals surface area contributed by atoms with Gasteiger partial charge in [-0.1, -0.05) is 12.1 Å². The molecule has 0 bridgehead atoms. The maximum absolute atomic E-state index is 12.5. The third-order valence-electron chi connectivity index (χ3n) is 2.24. The van der Waals surface area contributed by atoms with E-state index in [1.54, 1.807) is 18.2 Å². The zero-order valence-electron chi connectivity index (χ0n) is 8.74. The van der Waals surface area contributed by atoms with Gasteiger partial charge in [-0.15, -0.1) is 0 Å². The van der Waals surface area contributed by atoms with Crippen LogP contribution in [0.1, 0.15) is 35.7 Å². The molecule has 0 aliphatic carbocycles. The fourth-order valence-electron chi connectivity index (χ4n) is 1.45. The minimum Gasteiger partial charge on any atom is -0.478 e. The van der Waals surface area contributed by atoms with E-state index in [1.807, 2.05) is 6.07 Å². The fraction of sp³-hybridized carbons (Fsp3) is 0.417. The number of hydrogen-bond donors (Lipinski definition) is 1. The molecule has 1 aromatic rings. The van der Waals surface area contributed by atoms with Gasteiger partial charge in [0.15, 0.2) is 0 Å². The lowest BCUT2D eigenvalue weighted by Crippen LogP contribution is -1.98. The van der Waals surface area contributed by atoms with Crippen LogP contribution in [-0.2, 0) is 6.42 Å². The van der Waals surface area contributed by atoms with E-state index in [0.29, 0.717) is 12.0 Å². The van der Waals surface area contributed by atoms with Crippen LogP contribution in [0, 0.1) is 0 Å². The Kier molecular flexibility index (Phi) is 4.28. The SMILES string of the molecule is CC(F)CCCc1cccc(C(=O)O)c1. The maximum Gasteiger partial charge on any atom is 0.335 e. The van der Waals surface area contributed by atoms with Crippen LogP contribution >= 0.6 is 0 Å². The first kappa shape index (κ1) is 11.7. The number of carboxylic acid groups (broad SMARTS) is 1. The summed E-state index contributed by atoms with van der Waals surface area (Å²) >= 11 is 0. The molecule has 0 heterocycles. The Morgan fingerprint density at radius 3 is 2.87 bits per heavy atom. The second-order valence-corrected chi connectivity index (χ2v) is 3.68. The Hall–Kier alpha value is -1.38. The fourth-order valence-corrected chi connectivity index (χ4v) is 1.45. The van der Waals surface area contributed by atoms with Gasteiger partial charge in [-0.05, 0) is 43.9 Å². The van der Waals surface area contributed by atoms with Crippen molar-refractivity contribution in [3.8, 4) is 0 Å². The second kappa shape index (κ2) is 5.49. The van der Waals surface area contributed by atoms with Gasteiger partial charge < -0.3 is 5.11 Å². The first-order chi connectivity index (χ1) is 7.09. The monoisotopic (exact) mass is 210 g/mol. The van der Waals surface area contributed by atoms with Crippen molar-refractivity contribution in [2.24, 2.45) is 0 Å². The number of benzene rings is 1. The normalized spacial score (nSPS) is 12.4. The number of rotatable bonds is 5. The molecule has 1 unspecified atom stereocenters. The predicted octanol–water partition coefficient (Wildman–Crippen LogP) is 3.07.